The molecule has 0 saturated carbocycles. The minimum absolute atomic E-state index is 0.00511. The van der Waals surface area contributed by atoms with Crippen LogP contribution in [0.25, 0.3) is 16.9 Å². The molecule has 0 fully saturated rings. The van der Waals surface area contributed by atoms with Crippen molar-refractivity contribution < 1.29 is 9.53 Å². The van der Waals surface area contributed by atoms with Crippen molar-refractivity contribution in [1.29, 1.82) is 0 Å². The summed E-state index contributed by atoms with van der Waals surface area (Å²) in [5, 5.41) is 2.58. The van der Waals surface area contributed by atoms with Crippen LogP contribution in [0.1, 0.15) is 0 Å². The highest BCUT2D eigenvalue weighted by Crippen LogP contribution is 2.43. The van der Waals surface area contributed by atoms with Crippen LogP contribution >= 0.6 is 22.9 Å². The maximum atomic E-state index is 12.2. The molecule has 0 atom stereocenters. The van der Waals surface area contributed by atoms with E-state index in [1.165, 1.54) is 11.3 Å². The van der Waals surface area contributed by atoms with Gasteiger partial charge in [-0.25, -0.2) is 4.99 Å². The van der Waals surface area contributed by atoms with Crippen molar-refractivity contribution in [2.45, 2.75) is 0 Å². The Kier molecular flexibility index (Phi) is 5.10. The molecule has 1 amide bonds. The molecule has 0 saturated heterocycles. The predicted octanol–water partition coefficient (Wildman–Crippen LogP) is 5.45. The average molecular weight is 448 g/mol. The van der Waals surface area contributed by atoms with E-state index < -0.39 is 0 Å². The van der Waals surface area contributed by atoms with Crippen LogP contribution < -0.4 is 14.4 Å². The standard InChI is InChI=1S/C24H18ClN3O2S/c1-27-20-13-16(25)12-19(23(20)30-14-22(27)29)21-15-31-24(26-17-8-4-2-5-9-17)28(21)18-10-6-3-7-11-18/h2-13,15H,14H2,1H3. The molecule has 0 unspecified atom stereocenters. The highest BCUT2D eigenvalue weighted by Gasteiger charge is 2.27. The number of carbonyl (C=O) groups excluding carboxylic acids is 1. The van der Waals surface area contributed by atoms with Crippen molar-refractivity contribution in [3.05, 3.63) is 88.0 Å². The first-order valence-electron chi connectivity index (χ1n) is 9.71. The summed E-state index contributed by atoms with van der Waals surface area (Å²) in [7, 11) is 1.73. The summed E-state index contributed by atoms with van der Waals surface area (Å²) in [6.45, 7) is -0.00511. The fraction of sp³-hybridized carbons (Fsp3) is 0.0833. The summed E-state index contributed by atoms with van der Waals surface area (Å²) >= 11 is 7.99. The van der Waals surface area contributed by atoms with E-state index in [0.29, 0.717) is 16.5 Å². The largest absolute Gasteiger partial charge is 0.481 e. The summed E-state index contributed by atoms with van der Waals surface area (Å²) in [4.78, 5) is 19.4. The summed E-state index contributed by atoms with van der Waals surface area (Å²) in [5.74, 6) is 0.530. The number of para-hydroxylation sites is 2. The van der Waals surface area contributed by atoms with Gasteiger partial charge in [-0.15, -0.1) is 11.3 Å². The number of likely N-dealkylation sites (N-methyl/N-ethyl adjacent to an activating group) is 1. The molecule has 0 N–H and O–H groups in total. The van der Waals surface area contributed by atoms with Gasteiger partial charge in [0.1, 0.15) is 0 Å². The van der Waals surface area contributed by atoms with E-state index in [1.54, 1.807) is 18.0 Å². The number of halogens is 1. The fourth-order valence-corrected chi connectivity index (χ4v) is 4.68. The Balaban J connectivity index is 1.78. The van der Waals surface area contributed by atoms with Crippen LogP contribution in [0.3, 0.4) is 0 Å². The third-order valence-electron chi connectivity index (χ3n) is 5.09. The first-order valence-corrected chi connectivity index (χ1v) is 11.0. The normalized spacial score (nSPS) is 13.8. The molecule has 0 spiro atoms. The Morgan fingerprint density at radius 2 is 1.74 bits per heavy atom. The maximum Gasteiger partial charge on any atom is 0.264 e. The van der Waals surface area contributed by atoms with E-state index in [-0.39, 0.29) is 12.5 Å². The quantitative estimate of drug-likeness (QED) is 0.419. The molecule has 7 heteroatoms. The van der Waals surface area contributed by atoms with Gasteiger partial charge in [-0.05, 0) is 36.4 Å². The van der Waals surface area contributed by atoms with Gasteiger partial charge >= 0.3 is 0 Å². The lowest BCUT2D eigenvalue weighted by Crippen LogP contribution is -2.35. The van der Waals surface area contributed by atoms with Crippen molar-refractivity contribution in [2.75, 3.05) is 18.6 Å². The molecule has 2 heterocycles. The van der Waals surface area contributed by atoms with E-state index in [9.17, 15) is 4.79 Å². The molecule has 0 radical (unpaired) electrons. The second-order valence-corrected chi connectivity index (χ2v) is 8.34. The Morgan fingerprint density at radius 1 is 1.03 bits per heavy atom. The number of amides is 1. The molecule has 4 aromatic rings. The molecule has 154 valence electrons. The van der Waals surface area contributed by atoms with E-state index in [1.807, 2.05) is 72.1 Å². The number of rotatable bonds is 3. The lowest BCUT2D eigenvalue weighted by atomic mass is 10.1. The molecule has 1 aliphatic heterocycles. The molecule has 3 aromatic carbocycles. The van der Waals surface area contributed by atoms with Crippen molar-refractivity contribution in [2.24, 2.45) is 4.99 Å². The van der Waals surface area contributed by atoms with Gasteiger partial charge in [-0.1, -0.05) is 48.0 Å². The molecular formula is C24H18ClN3O2S. The van der Waals surface area contributed by atoms with Crippen LogP contribution in [-0.4, -0.2) is 24.1 Å². The molecule has 1 aliphatic rings. The number of ether oxygens (including phenoxy) is 1. The molecule has 5 rings (SSSR count). The predicted molar refractivity (Wildman–Crippen MR) is 125 cm³/mol. The molecule has 31 heavy (non-hydrogen) atoms. The zero-order valence-electron chi connectivity index (χ0n) is 16.7. The lowest BCUT2D eigenvalue weighted by molar-refractivity contribution is -0.120. The summed E-state index contributed by atoms with van der Waals surface area (Å²) in [6.07, 6.45) is 0. The van der Waals surface area contributed by atoms with Crippen LogP contribution in [0.5, 0.6) is 5.75 Å². The average Bonchev–Trinajstić information content (AvgIpc) is 3.20. The third kappa shape index (κ3) is 3.65. The summed E-state index contributed by atoms with van der Waals surface area (Å²) in [5.41, 5.74) is 4.22. The van der Waals surface area contributed by atoms with Crippen molar-refractivity contribution in [3.8, 4) is 22.7 Å². The van der Waals surface area contributed by atoms with Crippen molar-refractivity contribution in [3.63, 3.8) is 0 Å². The van der Waals surface area contributed by atoms with Crippen LogP contribution in [0.2, 0.25) is 5.02 Å². The van der Waals surface area contributed by atoms with Crippen LogP contribution in [0.15, 0.2) is 83.2 Å². The molecular weight excluding hydrogens is 430 g/mol. The topological polar surface area (TPSA) is 46.8 Å². The number of hydrogen-bond donors (Lipinski definition) is 0. The van der Waals surface area contributed by atoms with Gasteiger partial charge < -0.3 is 9.64 Å². The molecule has 0 bridgehead atoms. The Labute approximate surface area is 188 Å². The maximum absolute atomic E-state index is 12.2. The number of hydrogen-bond acceptors (Lipinski definition) is 4. The van der Waals surface area contributed by atoms with Gasteiger partial charge in [0.15, 0.2) is 17.2 Å². The Morgan fingerprint density at radius 3 is 2.48 bits per heavy atom. The van der Waals surface area contributed by atoms with Gasteiger partial charge in [-0.2, -0.15) is 0 Å². The van der Waals surface area contributed by atoms with Gasteiger partial charge in [-0.3, -0.25) is 9.36 Å². The highest BCUT2D eigenvalue weighted by atomic mass is 35.5. The second kappa shape index (κ2) is 8.06. The number of fused-ring (bicyclic) bond motifs is 1. The molecule has 5 nitrogen and oxygen atoms in total. The number of anilines is 1. The first kappa shape index (κ1) is 19.6. The Hall–Kier alpha value is -3.35. The van der Waals surface area contributed by atoms with Crippen molar-refractivity contribution >= 4 is 40.2 Å². The summed E-state index contributed by atoms with van der Waals surface area (Å²) < 4.78 is 7.96. The van der Waals surface area contributed by atoms with Crippen LogP contribution in [0, 0.1) is 0 Å². The lowest BCUT2D eigenvalue weighted by Gasteiger charge is -2.28. The molecule has 1 aromatic heterocycles. The number of thiazole rings is 1. The van der Waals surface area contributed by atoms with E-state index in [2.05, 4.69) is 4.57 Å². The van der Waals surface area contributed by atoms with Gasteiger partial charge in [0.05, 0.1) is 17.1 Å². The highest BCUT2D eigenvalue weighted by molar-refractivity contribution is 7.07. The molecule has 0 aliphatic carbocycles. The zero-order valence-corrected chi connectivity index (χ0v) is 18.2. The number of nitrogens with zero attached hydrogens (tertiary/aromatic N) is 3. The zero-order chi connectivity index (χ0) is 21.4. The monoisotopic (exact) mass is 447 g/mol. The van der Waals surface area contributed by atoms with Gasteiger partial charge in [0.25, 0.3) is 5.91 Å². The summed E-state index contributed by atoms with van der Waals surface area (Å²) in [6, 6.07) is 23.5. The number of aromatic nitrogens is 1. The van der Waals surface area contributed by atoms with Crippen LogP contribution in [0.4, 0.5) is 11.4 Å². The van der Waals surface area contributed by atoms with E-state index in [0.717, 1.165) is 27.4 Å². The Bertz CT molecular complexity index is 1330. The minimum Gasteiger partial charge on any atom is -0.481 e. The SMILES string of the molecule is CN1C(=O)COc2c(-c3csc(=Nc4ccccc4)n3-c3ccccc3)cc(Cl)cc21. The van der Waals surface area contributed by atoms with E-state index >= 15 is 0 Å². The van der Waals surface area contributed by atoms with Gasteiger partial charge in [0, 0.05) is 28.7 Å². The first-order chi connectivity index (χ1) is 15.1. The second-order valence-electron chi connectivity index (χ2n) is 7.06. The smallest absolute Gasteiger partial charge is 0.264 e. The number of benzene rings is 3. The van der Waals surface area contributed by atoms with Crippen LogP contribution in [-0.2, 0) is 4.79 Å². The minimum atomic E-state index is -0.110. The third-order valence-corrected chi connectivity index (χ3v) is 6.13. The fourth-order valence-electron chi connectivity index (χ4n) is 3.55. The van der Waals surface area contributed by atoms with E-state index in [4.69, 9.17) is 21.3 Å². The number of carbonyl (C=O) groups is 1. The van der Waals surface area contributed by atoms with Gasteiger partial charge in [0.2, 0.25) is 0 Å². The van der Waals surface area contributed by atoms with Crippen molar-refractivity contribution in [1.82, 2.24) is 4.57 Å².